The summed E-state index contributed by atoms with van der Waals surface area (Å²) in [5.74, 6) is 0.703. The van der Waals surface area contributed by atoms with E-state index in [1.165, 1.54) is 58.2 Å². The minimum Gasteiger partial charge on any atom is -0.228 e. The van der Waals surface area contributed by atoms with E-state index in [-0.39, 0.29) is 5.41 Å². The molecule has 50 heavy (non-hydrogen) atoms. The molecule has 0 bridgehead atoms. The first-order chi connectivity index (χ1) is 24.7. The smallest absolute Gasteiger partial charge is 0.160 e. The van der Waals surface area contributed by atoms with Crippen LogP contribution in [0.2, 0.25) is 0 Å². The third-order valence-electron chi connectivity index (χ3n) is 10.8. The molecule has 1 spiro atoms. The molecule has 0 aliphatic heterocycles. The van der Waals surface area contributed by atoms with Crippen molar-refractivity contribution in [1.29, 1.82) is 5.26 Å². The second-order valence-corrected chi connectivity index (χ2v) is 13.6. The van der Waals surface area contributed by atoms with Crippen LogP contribution < -0.4 is 0 Å². The van der Waals surface area contributed by atoms with E-state index < -0.39 is 0 Å². The molecule has 0 atom stereocenters. The number of nitrogens with zero attached hydrogens (tertiary/aromatic N) is 3. The fourth-order valence-electron chi connectivity index (χ4n) is 8.39. The first kappa shape index (κ1) is 30.0. The van der Waals surface area contributed by atoms with Gasteiger partial charge in [0.05, 0.1) is 23.0 Å². The minimum atomic E-state index is -0.0464. The Labute approximate surface area is 293 Å². The standard InChI is InChI=1S/C47H35N3/c48-31-32-21-26-40-42(29-32)47(27-10-3-11-28-47)41-20-12-19-39(45(40)41)37-17-8-9-18-38(37)44-30-43(49-46(50-44)36-15-6-2-7-16-36)35-24-22-34(23-25-35)33-13-4-1-5-14-33/h1-2,4-9,12-26,29-30H,3,10-11,27-28H2. The van der Waals surface area contributed by atoms with Crippen LogP contribution in [0.4, 0.5) is 0 Å². The van der Waals surface area contributed by atoms with Gasteiger partial charge in [-0.05, 0) is 75.5 Å². The third-order valence-corrected chi connectivity index (χ3v) is 10.8. The van der Waals surface area contributed by atoms with Gasteiger partial charge >= 0.3 is 0 Å². The van der Waals surface area contributed by atoms with Crippen LogP contribution in [0.15, 0.2) is 152 Å². The zero-order valence-electron chi connectivity index (χ0n) is 27.8. The van der Waals surface area contributed by atoms with Crippen LogP contribution >= 0.6 is 0 Å². The molecule has 9 rings (SSSR count). The molecular formula is C47H35N3. The minimum absolute atomic E-state index is 0.0464. The van der Waals surface area contributed by atoms with E-state index in [0.29, 0.717) is 5.82 Å². The average molecular weight is 642 g/mol. The lowest BCUT2D eigenvalue weighted by molar-refractivity contribution is 0.353. The summed E-state index contributed by atoms with van der Waals surface area (Å²) in [5.41, 5.74) is 15.6. The van der Waals surface area contributed by atoms with E-state index in [2.05, 4.69) is 127 Å². The monoisotopic (exact) mass is 641 g/mol. The van der Waals surface area contributed by atoms with Crippen LogP contribution in [0.25, 0.3) is 67.3 Å². The van der Waals surface area contributed by atoms with Gasteiger partial charge in [0.2, 0.25) is 0 Å². The molecule has 6 aromatic carbocycles. The number of benzene rings is 6. The zero-order valence-corrected chi connectivity index (χ0v) is 27.8. The van der Waals surface area contributed by atoms with Crippen LogP contribution in [-0.2, 0) is 5.41 Å². The van der Waals surface area contributed by atoms with Gasteiger partial charge in [0.1, 0.15) is 0 Å². The van der Waals surface area contributed by atoms with E-state index in [1.807, 2.05) is 30.3 Å². The summed E-state index contributed by atoms with van der Waals surface area (Å²) in [5, 5.41) is 9.88. The first-order valence-electron chi connectivity index (χ1n) is 17.6. The van der Waals surface area contributed by atoms with Crippen LogP contribution in [0.5, 0.6) is 0 Å². The summed E-state index contributed by atoms with van der Waals surface area (Å²) in [6, 6.07) is 55.8. The lowest BCUT2D eigenvalue weighted by Crippen LogP contribution is -2.28. The number of fused-ring (bicyclic) bond motifs is 5. The van der Waals surface area contributed by atoms with Crippen molar-refractivity contribution in [1.82, 2.24) is 9.97 Å². The predicted molar refractivity (Wildman–Crippen MR) is 203 cm³/mol. The molecule has 7 aromatic rings. The molecule has 0 N–H and O–H groups in total. The van der Waals surface area contributed by atoms with Crippen molar-refractivity contribution in [2.75, 3.05) is 0 Å². The van der Waals surface area contributed by atoms with Gasteiger partial charge in [-0.25, -0.2) is 9.97 Å². The Morgan fingerprint density at radius 1 is 0.460 bits per heavy atom. The molecule has 0 unspecified atom stereocenters. The SMILES string of the molecule is N#Cc1ccc2c(c1)C1(CCCCC1)c1cccc(-c3ccccc3-c3cc(-c4ccc(-c5ccccc5)cc4)nc(-c4ccccc4)n3)c1-2. The molecule has 1 aromatic heterocycles. The molecule has 0 radical (unpaired) electrons. The Hall–Kier alpha value is -6.11. The lowest BCUT2D eigenvalue weighted by Gasteiger charge is -2.36. The van der Waals surface area contributed by atoms with Gasteiger partial charge in [-0.2, -0.15) is 5.26 Å². The van der Waals surface area contributed by atoms with Crippen LogP contribution in [0, 0.1) is 11.3 Å². The molecule has 3 nitrogen and oxygen atoms in total. The van der Waals surface area contributed by atoms with Gasteiger partial charge < -0.3 is 0 Å². The summed E-state index contributed by atoms with van der Waals surface area (Å²) < 4.78 is 0. The highest BCUT2D eigenvalue weighted by atomic mass is 14.9. The summed E-state index contributed by atoms with van der Waals surface area (Å²) in [6.07, 6.45) is 5.91. The Bertz CT molecular complexity index is 2400. The van der Waals surface area contributed by atoms with Crippen molar-refractivity contribution >= 4 is 0 Å². The number of rotatable bonds is 5. The molecule has 1 saturated carbocycles. The first-order valence-corrected chi connectivity index (χ1v) is 17.6. The van der Waals surface area contributed by atoms with E-state index in [9.17, 15) is 5.26 Å². The van der Waals surface area contributed by atoms with Crippen LogP contribution in [0.3, 0.4) is 0 Å². The van der Waals surface area contributed by atoms with Crippen molar-refractivity contribution in [3.8, 4) is 73.4 Å². The fourth-order valence-corrected chi connectivity index (χ4v) is 8.39. The third kappa shape index (κ3) is 5.04. The van der Waals surface area contributed by atoms with Gasteiger partial charge in [-0.15, -0.1) is 0 Å². The Kier molecular flexibility index (Phi) is 7.44. The highest BCUT2D eigenvalue weighted by Crippen LogP contribution is 2.58. The molecule has 0 amide bonds. The van der Waals surface area contributed by atoms with E-state index in [4.69, 9.17) is 9.97 Å². The van der Waals surface area contributed by atoms with Gasteiger partial charge in [-0.3, -0.25) is 0 Å². The fraction of sp³-hybridized carbons (Fsp3) is 0.128. The Morgan fingerprint density at radius 3 is 1.82 bits per heavy atom. The maximum atomic E-state index is 9.88. The molecule has 1 heterocycles. The molecule has 3 heteroatoms. The summed E-state index contributed by atoms with van der Waals surface area (Å²) in [6.45, 7) is 0. The molecule has 1 fully saturated rings. The largest absolute Gasteiger partial charge is 0.228 e. The Balaban J connectivity index is 1.22. The quantitative estimate of drug-likeness (QED) is 0.188. The van der Waals surface area contributed by atoms with Crippen molar-refractivity contribution in [3.05, 3.63) is 168 Å². The highest BCUT2D eigenvalue weighted by Gasteiger charge is 2.44. The topological polar surface area (TPSA) is 49.6 Å². The number of hydrogen-bond acceptors (Lipinski definition) is 3. The summed E-state index contributed by atoms with van der Waals surface area (Å²) >= 11 is 0. The number of hydrogen-bond donors (Lipinski definition) is 0. The predicted octanol–water partition coefficient (Wildman–Crippen LogP) is 11.9. The van der Waals surface area contributed by atoms with Gasteiger partial charge in [0.25, 0.3) is 0 Å². The highest BCUT2D eigenvalue weighted by molar-refractivity contribution is 5.97. The average Bonchev–Trinajstić information content (AvgIpc) is 3.46. The van der Waals surface area contributed by atoms with Gasteiger partial charge in [-0.1, -0.05) is 153 Å². The van der Waals surface area contributed by atoms with Crippen molar-refractivity contribution < 1.29 is 0 Å². The van der Waals surface area contributed by atoms with Crippen LogP contribution in [-0.4, -0.2) is 9.97 Å². The maximum Gasteiger partial charge on any atom is 0.160 e. The van der Waals surface area contributed by atoms with Crippen molar-refractivity contribution in [3.63, 3.8) is 0 Å². The molecule has 0 saturated heterocycles. The molecular weight excluding hydrogens is 607 g/mol. The van der Waals surface area contributed by atoms with E-state index in [1.54, 1.807) is 0 Å². The van der Waals surface area contributed by atoms with Gasteiger partial charge in [0.15, 0.2) is 5.82 Å². The molecule has 2 aliphatic rings. The second kappa shape index (κ2) is 12.4. The molecule has 2 aliphatic carbocycles. The van der Waals surface area contributed by atoms with Crippen molar-refractivity contribution in [2.45, 2.75) is 37.5 Å². The maximum absolute atomic E-state index is 9.88. The Morgan fingerprint density at radius 2 is 1.08 bits per heavy atom. The van der Waals surface area contributed by atoms with Crippen molar-refractivity contribution in [2.24, 2.45) is 0 Å². The zero-order chi connectivity index (χ0) is 33.5. The second-order valence-electron chi connectivity index (χ2n) is 13.6. The van der Waals surface area contributed by atoms with E-state index >= 15 is 0 Å². The van der Waals surface area contributed by atoms with Gasteiger partial charge in [0, 0.05) is 22.1 Å². The number of nitriles is 1. The van der Waals surface area contributed by atoms with Crippen LogP contribution in [0.1, 0.15) is 48.8 Å². The summed E-state index contributed by atoms with van der Waals surface area (Å²) in [7, 11) is 0. The van der Waals surface area contributed by atoms with E-state index in [0.717, 1.165) is 52.0 Å². The normalized spacial score (nSPS) is 14.1. The molecule has 238 valence electrons. The summed E-state index contributed by atoms with van der Waals surface area (Å²) in [4.78, 5) is 10.4. The number of aromatic nitrogens is 2. The lowest BCUT2D eigenvalue weighted by atomic mass is 9.67.